The van der Waals surface area contributed by atoms with Crippen LogP contribution >= 0.6 is 0 Å². The van der Waals surface area contributed by atoms with Crippen molar-refractivity contribution in [3.8, 4) is 0 Å². The number of carbonyl (C=O) groups excluding carboxylic acids is 2. The van der Waals surface area contributed by atoms with Crippen LogP contribution in [0.5, 0.6) is 0 Å². The third-order valence-corrected chi connectivity index (χ3v) is 5.67. The topological polar surface area (TPSA) is 95.9 Å². The van der Waals surface area contributed by atoms with Crippen molar-refractivity contribution >= 4 is 17.8 Å². The maximum absolute atomic E-state index is 13.0. The summed E-state index contributed by atoms with van der Waals surface area (Å²) in [7, 11) is 0. The van der Waals surface area contributed by atoms with Crippen molar-refractivity contribution in [2.45, 2.75) is 77.8 Å². The summed E-state index contributed by atoms with van der Waals surface area (Å²) in [5, 5.41) is 13.3. The van der Waals surface area contributed by atoms with Crippen molar-refractivity contribution in [1.29, 1.82) is 0 Å². The second-order valence-electron chi connectivity index (χ2n) is 8.63. The summed E-state index contributed by atoms with van der Waals surface area (Å²) in [6, 6.07) is 0.273. The summed E-state index contributed by atoms with van der Waals surface area (Å²) in [5.74, 6) is -2.47. The lowest BCUT2D eigenvalue weighted by Gasteiger charge is -2.33. The van der Waals surface area contributed by atoms with Gasteiger partial charge in [0.05, 0.1) is 13.2 Å². The fourth-order valence-electron chi connectivity index (χ4n) is 3.88. The summed E-state index contributed by atoms with van der Waals surface area (Å²) < 4.78 is 5.30. The van der Waals surface area contributed by atoms with Crippen molar-refractivity contribution < 1.29 is 24.2 Å². The van der Waals surface area contributed by atoms with E-state index < -0.39 is 17.5 Å². The number of carboxylic acid groups (broad SMARTS) is 1. The Bertz CT molecular complexity index is 633. The highest BCUT2D eigenvalue weighted by Gasteiger charge is 2.59. The molecule has 7 nitrogen and oxygen atoms in total. The van der Waals surface area contributed by atoms with Gasteiger partial charge in [-0.15, -0.1) is 0 Å². The number of rotatable bonds is 7. The predicted octanol–water partition coefficient (Wildman–Crippen LogP) is 2.50. The highest BCUT2D eigenvalue weighted by atomic mass is 16.5. The minimum atomic E-state index is -1.98. The number of carboxylic acids is 1. The van der Waals surface area contributed by atoms with Crippen molar-refractivity contribution in [3.05, 3.63) is 11.1 Å². The van der Waals surface area contributed by atoms with E-state index in [1.807, 2.05) is 27.7 Å². The molecule has 0 bridgehead atoms. The first-order chi connectivity index (χ1) is 13.2. The monoisotopic (exact) mass is 394 g/mol. The predicted molar refractivity (Wildman–Crippen MR) is 106 cm³/mol. The maximum atomic E-state index is 13.0. The largest absolute Gasteiger partial charge is 0.479 e. The highest BCUT2D eigenvalue weighted by molar-refractivity contribution is 6.08. The molecule has 28 heavy (non-hydrogen) atoms. The molecule has 0 radical (unpaired) electrons. The van der Waals surface area contributed by atoms with E-state index >= 15 is 0 Å². The quantitative estimate of drug-likeness (QED) is 0.391. The molecule has 1 saturated carbocycles. The summed E-state index contributed by atoms with van der Waals surface area (Å²) in [5.41, 5.74) is -0.250. The van der Waals surface area contributed by atoms with Gasteiger partial charge in [-0.2, -0.15) is 0 Å². The van der Waals surface area contributed by atoms with Gasteiger partial charge in [0.1, 0.15) is 0 Å². The lowest BCUT2D eigenvalue weighted by molar-refractivity contribution is -0.174. The molecule has 0 spiro atoms. The van der Waals surface area contributed by atoms with Gasteiger partial charge in [-0.1, -0.05) is 38.7 Å². The van der Waals surface area contributed by atoms with E-state index in [9.17, 15) is 19.5 Å². The number of nitrogens with zero attached hydrogens (tertiary/aromatic N) is 1. The second-order valence-corrected chi connectivity index (χ2v) is 8.63. The summed E-state index contributed by atoms with van der Waals surface area (Å²) in [6.07, 6.45) is 5.51. The molecule has 1 saturated heterocycles. The normalized spacial score (nSPS) is 23.2. The molecule has 1 aliphatic carbocycles. The van der Waals surface area contributed by atoms with Gasteiger partial charge >= 0.3 is 11.9 Å². The molecule has 158 valence electrons. The van der Waals surface area contributed by atoms with Gasteiger partial charge in [-0.3, -0.25) is 4.79 Å². The van der Waals surface area contributed by atoms with Gasteiger partial charge in [0, 0.05) is 19.0 Å². The van der Waals surface area contributed by atoms with Gasteiger partial charge in [-0.25, -0.2) is 9.59 Å². The molecule has 0 aromatic carbocycles. The average molecular weight is 395 g/mol. The Kier molecular flexibility index (Phi) is 7.63. The third kappa shape index (κ3) is 4.93. The number of hydrogen-bond donors (Lipinski definition) is 2. The van der Waals surface area contributed by atoms with Crippen LogP contribution in [-0.2, 0) is 19.1 Å². The lowest BCUT2D eigenvalue weighted by Crippen LogP contribution is -2.60. The Labute approximate surface area is 167 Å². The van der Waals surface area contributed by atoms with Crippen LogP contribution in [-0.4, -0.2) is 59.1 Å². The van der Waals surface area contributed by atoms with Gasteiger partial charge in [-0.05, 0) is 38.2 Å². The number of esters is 1. The van der Waals surface area contributed by atoms with Crippen LogP contribution in [0.1, 0.15) is 66.2 Å². The Balaban J connectivity index is 2.22. The van der Waals surface area contributed by atoms with Gasteiger partial charge in [0.2, 0.25) is 11.4 Å². The first-order valence-electron chi connectivity index (χ1n) is 10.3. The molecule has 7 heteroatoms. The van der Waals surface area contributed by atoms with Crippen LogP contribution in [0.2, 0.25) is 0 Å². The first kappa shape index (κ1) is 22.4. The van der Waals surface area contributed by atoms with Gasteiger partial charge in [0.25, 0.3) is 0 Å². The summed E-state index contributed by atoms with van der Waals surface area (Å²) in [4.78, 5) is 39.3. The minimum Gasteiger partial charge on any atom is -0.479 e. The van der Waals surface area contributed by atoms with Crippen LogP contribution in [0.3, 0.4) is 0 Å². The van der Waals surface area contributed by atoms with Crippen LogP contribution in [0.4, 0.5) is 0 Å². The zero-order valence-corrected chi connectivity index (χ0v) is 17.5. The summed E-state index contributed by atoms with van der Waals surface area (Å²) >= 11 is 0. The van der Waals surface area contributed by atoms with E-state index in [-0.39, 0.29) is 44.0 Å². The Morgan fingerprint density at radius 3 is 2.39 bits per heavy atom. The Morgan fingerprint density at radius 2 is 1.86 bits per heavy atom. The minimum absolute atomic E-state index is 0.0171. The number of likely N-dealkylation sites (tertiary alicyclic amines) is 1. The molecule has 2 fully saturated rings. The SMILES string of the molecule is CC(C)=C1CN(C(=O)CNC2CCCCC2)C(C(=O)O)(C(=O)OCC(C)C)C1. The molecule has 2 rings (SSSR count). The Morgan fingerprint density at radius 1 is 1.21 bits per heavy atom. The third-order valence-electron chi connectivity index (χ3n) is 5.67. The van der Waals surface area contributed by atoms with E-state index in [0.717, 1.165) is 36.8 Å². The van der Waals surface area contributed by atoms with E-state index in [4.69, 9.17) is 4.74 Å². The van der Waals surface area contributed by atoms with E-state index in [0.29, 0.717) is 0 Å². The number of nitrogens with one attached hydrogen (secondary N) is 1. The zero-order valence-electron chi connectivity index (χ0n) is 17.5. The van der Waals surface area contributed by atoms with E-state index in [2.05, 4.69) is 5.32 Å². The fraction of sp³-hybridized carbons (Fsp3) is 0.762. The van der Waals surface area contributed by atoms with Crippen molar-refractivity contribution in [2.24, 2.45) is 5.92 Å². The number of aliphatic carboxylic acids is 1. The van der Waals surface area contributed by atoms with Crippen LogP contribution in [0.25, 0.3) is 0 Å². The Hall–Kier alpha value is -1.89. The van der Waals surface area contributed by atoms with E-state index in [1.165, 1.54) is 11.3 Å². The molecule has 1 atom stereocenters. The van der Waals surface area contributed by atoms with Crippen molar-refractivity contribution in [1.82, 2.24) is 10.2 Å². The number of amides is 1. The standard InChI is InChI=1S/C21H34N2O5/c1-14(2)13-28-20(27)21(19(25)26)10-16(15(3)4)12-23(21)18(24)11-22-17-8-6-5-7-9-17/h14,17,22H,5-13H2,1-4H3,(H,25,26). The molecule has 2 N–H and O–H groups in total. The van der Waals surface area contributed by atoms with Crippen LogP contribution < -0.4 is 5.32 Å². The molecule has 1 heterocycles. The molecule has 1 amide bonds. The van der Waals surface area contributed by atoms with Crippen LogP contribution in [0.15, 0.2) is 11.1 Å². The number of carbonyl (C=O) groups is 3. The molecule has 0 aromatic rings. The molecule has 2 aliphatic rings. The summed E-state index contributed by atoms with van der Waals surface area (Å²) in [6.45, 7) is 7.82. The molecule has 1 aliphatic heterocycles. The first-order valence-corrected chi connectivity index (χ1v) is 10.3. The maximum Gasteiger partial charge on any atom is 0.344 e. The number of ether oxygens (including phenoxy) is 1. The van der Waals surface area contributed by atoms with E-state index in [1.54, 1.807) is 0 Å². The number of allylic oxidation sites excluding steroid dienone is 1. The van der Waals surface area contributed by atoms with Gasteiger partial charge < -0.3 is 20.1 Å². The average Bonchev–Trinajstić information content (AvgIpc) is 3.07. The molecular weight excluding hydrogens is 360 g/mol. The smallest absolute Gasteiger partial charge is 0.344 e. The lowest BCUT2D eigenvalue weighted by atomic mass is 9.93. The highest BCUT2D eigenvalue weighted by Crippen LogP contribution is 2.36. The number of hydrogen-bond acceptors (Lipinski definition) is 5. The zero-order chi connectivity index (χ0) is 20.9. The molecule has 0 aromatic heterocycles. The van der Waals surface area contributed by atoms with Crippen molar-refractivity contribution in [2.75, 3.05) is 19.7 Å². The molecular formula is C21H34N2O5. The van der Waals surface area contributed by atoms with Gasteiger partial charge in [0.15, 0.2) is 0 Å². The van der Waals surface area contributed by atoms with Crippen molar-refractivity contribution in [3.63, 3.8) is 0 Å². The van der Waals surface area contributed by atoms with Crippen LogP contribution in [0, 0.1) is 5.92 Å². The molecule has 1 unspecified atom stereocenters. The second kappa shape index (κ2) is 9.54. The fourth-order valence-corrected chi connectivity index (χ4v) is 3.88.